The maximum absolute atomic E-state index is 4.95. The molecule has 1 N–H and O–H groups in total. The number of fused-ring (bicyclic) bond motifs is 1. The summed E-state index contributed by atoms with van der Waals surface area (Å²) in [5.74, 6) is 1.71. The summed E-state index contributed by atoms with van der Waals surface area (Å²) in [6.07, 6.45) is 10.5. The van der Waals surface area contributed by atoms with E-state index in [9.17, 15) is 0 Å². The van der Waals surface area contributed by atoms with Gasteiger partial charge >= 0.3 is 0 Å². The Hall–Kier alpha value is -2.20. The molecule has 3 aliphatic rings. The molecule has 2 fully saturated rings. The molecule has 4 heteroatoms. The number of nitrogens with zero attached hydrogens (tertiary/aromatic N) is 3. The van der Waals surface area contributed by atoms with Gasteiger partial charge in [0.15, 0.2) is 0 Å². The molecule has 0 radical (unpaired) electrons. The molecule has 0 bridgehead atoms. The number of aromatic nitrogens is 1. The molecule has 3 heterocycles. The highest BCUT2D eigenvalue weighted by Crippen LogP contribution is 2.36. The largest absolute Gasteiger partial charge is 0.340 e. The molecule has 1 aliphatic carbocycles. The second-order valence-corrected chi connectivity index (χ2v) is 9.32. The molecular weight excluding hydrogens is 368 g/mol. The minimum Gasteiger partial charge on any atom is -0.340 e. The number of piperidine rings is 1. The van der Waals surface area contributed by atoms with Gasteiger partial charge in [-0.2, -0.15) is 0 Å². The van der Waals surface area contributed by atoms with Gasteiger partial charge in [0.05, 0.1) is 6.54 Å². The van der Waals surface area contributed by atoms with Crippen LogP contribution in [0.1, 0.15) is 72.9 Å². The molecule has 0 spiro atoms. The lowest BCUT2D eigenvalue weighted by Gasteiger charge is -2.33. The van der Waals surface area contributed by atoms with E-state index in [-0.39, 0.29) is 0 Å². The molecule has 0 unspecified atom stereocenters. The SMILES string of the molecule is CCCc1cc2c(c(Nc3ccc(C4CCN(C5CC5)CC4)c(C)c3)n1)CN=CC2. The van der Waals surface area contributed by atoms with Crippen LogP contribution in [0.15, 0.2) is 29.3 Å². The van der Waals surface area contributed by atoms with Crippen molar-refractivity contribution < 1.29 is 0 Å². The van der Waals surface area contributed by atoms with E-state index < -0.39 is 0 Å². The molecular formula is C26H34N4. The summed E-state index contributed by atoms with van der Waals surface area (Å²) in [4.78, 5) is 12.2. The van der Waals surface area contributed by atoms with Crippen LogP contribution in [0.3, 0.4) is 0 Å². The number of nitrogens with one attached hydrogen (secondary N) is 1. The third-order valence-corrected chi connectivity index (χ3v) is 7.03. The molecule has 0 atom stereocenters. The van der Waals surface area contributed by atoms with E-state index in [0.29, 0.717) is 5.92 Å². The van der Waals surface area contributed by atoms with Crippen LogP contribution < -0.4 is 5.32 Å². The zero-order chi connectivity index (χ0) is 20.5. The smallest absolute Gasteiger partial charge is 0.136 e. The summed E-state index contributed by atoms with van der Waals surface area (Å²) in [5, 5.41) is 3.64. The molecule has 1 saturated carbocycles. The topological polar surface area (TPSA) is 40.5 Å². The van der Waals surface area contributed by atoms with Crippen LogP contribution >= 0.6 is 0 Å². The average Bonchev–Trinajstić information content (AvgIpc) is 3.60. The lowest BCUT2D eigenvalue weighted by molar-refractivity contribution is 0.203. The summed E-state index contributed by atoms with van der Waals surface area (Å²) in [5.41, 5.74) is 7.90. The monoisotopic (exact) mass is 402 g/mol. The third-order valence-electron chi connectivity index (χ3n) is 7.03. The lowest BCUT2D eigenvalue weighted by Crippen LogP contribution is -2.34. The van der Waals surface area contributed by atoms with E-state index in [1.54, 1.807) is 0 Å². The Bertz CT molecular complexity index is 936. The summed E-state index contributed by atoms with van der Waals surface area (Å²) < 4.78 is 0. The van der Waals surface area contributed by atoms with Crippen LogP contribution in [0, 0.1) is 6.92 Å². The Kier molecular flexibility index (Phi) is 5.60. The van der Waals surface area contributed by atoms with Gasteiger partial charge < -0.3 is 10.2 Å². The predicted molar refractivity (Wildman–Crippen MR) is 125 cm³/mol. The van der Waals surface area contributed by atoms with Gasteiger partial charge in [-0.1, -0.05) is 19.4 Å². The first kappa shape index (κ1) is 19.7. The standard InChI is InChI=1S/C26H34N4/c1-3-4-21-16-20-9-12-27-17-25(20)26(28-21)29-22-5-8-24(18(2)15-22)19-10-13-30(14-11-19)23-6-7-23/h5,8,12,15-16,19,23H,3-4,6-7,9-11,13-14,17H2,1-2H3,(H,28,29). The number of benzene rings is 1. The first-order chi connectivity index (χ1) is 14.7. The summed E-state index contributed by atoms with van der Waals surface area (Å²) in [6, 6.07) is 10.1. The second kappa shape index (κ2) is 8.50. The number of pyridine rings is 1. The second-order valence-electron chi connectivity index (χ2n) is 9.32. The number of hydrogen-bond donors (Lipinski definition) is 1. The third kappa shape index (κ3) is 4.15. The van der Waals surface area contributed by atoms with Crippen molar-refractivity contribution >= 4 is 17.7 Å². The number of rotatable bonds is 6. The highest BCUT2D eigenvalue weighted by Gasteiger charge is 2.32. The zero-order valence-electron chi connectivity index (χ0n) is 18.5. The molecule has 158 valence electrons. The van der Waals surface area contributed by atoms with Crippen LogP contribution in [-0.4, -0.2) is 35.2 Å². The van der Waals surface area contributed by atoms with Gasteiger partial charge in [-0.15, -0.1) is 0 Å². The van der Waals surface area contributed by atoms with Crippen molar-refractivity contribution in [1.29, 1.82) is 0 Å². The maximum atomic E-state index is 4.95. The van der Waals surface area contributed by atoms with Crippen molar-refractivity contribution in [1.82, 2.24) is 9.88 Å². The average molecular weight is 403 g/mol. The fourth-order valence-electron chi connectivity index (χ4n) is 5.21. The van der Waals surface area contributed by atoms with Crippen molar-refractivity contribution in [2.45, 2.75) is 77.3 Å². The Balaban J connectivity index is 1.33. The molecule has 5 rings (SSSR count). The van der Waals surface area contributed by atoms with E-state index >= 15 is 0 Å². The molecule has 1 aromatic heterocycles. The van der Waals surface area contributed by atoms with Gasteiger partial charge in [-0.25, -0.2) is 4.98 Å². The van der Waals surface area contributed by atoms with Crippen molar-refractivity contribution in [3.8, 4) is 0 Å². The Morgan fingerprint density at radius 1 is 1.10 bits per heavy atom. The van der Waals surface area contributed by atoms with Crippen molar-refractivity contribution in [2.24, 2.45) is 4.99 Å². The molecule has 2 aromatic rings. The van der Waals surface area contributed by atoms with Gasteiger partial charge in [0, 0.05) is 35.6 Å². The maximum Gasteiger partial charge on any atom is 0.136 e. The van der Waals surface area contributed by atoms with Crippen molar-refractivity contribution in [2.75, 3.05) is 18.4 Å². The van der Waals surface area contributed by atoms with E-state index in [4.69, 9.17) is 4.98 Å². The van der Waals surface area contributed by atoms with Gasteiger partial charge in [0.25, 0.3) is 0 Å². The number of anilines is 2. The van der Waals surface area contributed by atoms with Gasteiger partial charge in [0.1, 0.15) is 5.82 Å². The van der Waals surface area contributed by atoms with Crippen LogP contribution in [0.4, 0.5) is 11.5 Å². The van der Waals surface area contributed by atoms with Crippen LogP contribution in [-0.2, 0) is 19.4 Å². The zero-order valence-corrected chi connectivity index (χ0v) is 18.5. The highest BCUT2D eigenvalue weighted by atomic mass is 15.2. The molecule has 1 aromatic carbocycles. The Morgan fingerprint density at radius 2 is 1.93 bits per heavy atom. The normalized spacial score (nSPS) is 19.7. The summed E-state index contributed by atoms with van der Waals surface area (Å²) in [6.45, 7) is 7.76. The van der Waals surface area contributed by atoms with E-state index in [2.05, 4.69) is 53.3 Å². The fraction of sp³-hybridized carbons (Fsp3) is 0.538. The minimum absolute atomic E-state index is 0.710. The summed E-state index contributed by atoms with van der Waals surface area (Å²) in [7, 11) is 0. The van der Waals surface area contributed by atoms with Gasteiger partial charge in [-0.05, 0) is 92.9 Å². The van der Waals surface area contributed by atoms with E-state index in [1.165, 1.54) is 66.7 Å². The Morgan fingerprint density at radius 3 is 2.67 bits per heavy atom. The predicted octanol–water partition coefficient (Wildman–Crippen LogP) is 5.55. The van der Waals surface area contributed by atoms with Gasteiger partial charge in [0.2, 0.25) is 0 Å². The first-order valence-corrected chi connectivity index (χ1v) is 11.8. The highest BCUT2D eigenvalue weighted by molar-refractivity contribution is 5.70. The van der Waals surface area contributed by atoms with Crippen molar-refractivity contribution in [3.05, 3.63) is 52.2 Å². The van der Waals surface area contributed by atoms with Gasteiger partial charge in [-0.3, -0.25) is 4.99 Å². The number of aryl methyl sites for hydroxylation is 2. The molecule has 30 heavy (non-hydrogen) atoms. The molecule has 0 amide bonds. The lowest BCUT2D eigenvalue weighted by atomic mass is 9.86. The number of likely N-dealkylation sites (tertiary alicyclic amines) is 1. The molecule has 2 aliphatic heterocycles. The molecule has 1 saturated heterocycles. The molecule has 4 nitrogen and oxygen atoms in total. The van der Waals surface area contributed by atoms with Crippen molar-refractivity contribution in [3.63, 3.8) is 0 Å². The number of aliphatic imine (C=N–C) groups is 1. The van der Waals surface area contributed by atoms with Crippen LogP contribution in [0.5, 0.6) is 0 Å². The fourth-order valence-corrected chi connectivity index (χ4v) is 5.21. The van der Waals surface area contributed by atoms with Crippen LogP contribution in [0.2, 0.25) is 0 Å². The first-order valence-electron chi connectivity index (χ1n) is 11.8. The minimum atomic E-state index is 0.710. The van der Waals surface area contributed by atoms with E-state index in [1.807, 2.05) is 6.21 Å². The van der Waals surface area contributed by atoms with E-state index in [0.717, 1.165) is 43.4 Å². The summed E-state index contributed by atoms with van der Waals surface area (Å²) >= 11 is 0. The van der Waals surface area contributed by atoms with Crippen LogP contribution in [0.25, 0.3) is 0 Å². The Labute approximate surface area is 180 Å². The number of hydrogen-bond acceptors (Lipinski definition) is 4. The quantitative estimate of drug-likeness (QED) is 0.688.